The largest absolute Gasteiger partial charge is 0.444 e. The fourth-order valence-corrected chi connectivity index (χ4v) is 3.49. The topological polar surface area (TPSA) is 79.7 Å². The predicted molar refractivity (Wildman–Crippen MR) is 96.6 cm³/mol. The fourth-order valence-electron chi connectivity index (χ4n) is 2.65. The Hall–Kier alpha value is -1.47. The SMILES string of the molecule is CC(C)C(=O)C(C(C)O)N(C(=O)OCc1cnc(C(C)C)s1)C1CC1. The van der Waals surface area contributed by atoms with Crippen molar-refractivity contribution in [1.82, 2.24) is 9.88 Å². The van der Waals surface area contributed by atoms with Crippen molar-refractivity contribution in [1.29, 1.82) is 0 Å². The van der Waals surface area contributed by atoms with Crippen LogP contribution in [0.1, 0.15) is 63.3 Å². The monoisotopic (exact) mass is 368 g/mol. The molecule has 0 aliphatic heterocycles. The Morgan fingerprint density at radius 1 is 1.32 bits per heavy atom. The van der Waals surface area contributed by atoms with Crippen LogP contribution >= 0.6 is 11.3 Å². The van der Waals surface area contributed by atoms with Gasteiger partial charge in [0.15, 0.2) is 5.78 Å². The standard InChI is InChI=1S/C18H28N2O4S/c1-10(2)16(22)15(12(5)21)20(13-6-7-13)18(23)24-9-14-8-19-17(25-14)11(3)4/h8,10-13,15,21H,6-7,9H2,1-5H3. The summed E-state index contributed by atoms with van der Waals surface area (Å²) in [4.78, 5) is 31.8. The Bertz CT molecular complexity index is 608. The number of amides is 1. The van der Waals surface area contributed by atoms with E-state index in [1.165, 1.54) is 16.2 Å². The van der Waals surface area contributed by atoms with E-state index in [0.717, 1.165) is 22.7 Å². The molecule has 0 saturated heterocycles. The van der Waals surface area contributed by atoms with E-state index in [4.69, 9.17) is 4.74 Å². The second kappa shape index (κ2) is 8.27. The summed E-state index contributed by atoms with van der Waals surface area (Å²) in [7, 11) is 0. The van der Waals surface area contributed by atoms with Gasteiger partial charge < -0.3 is 9.84 Å². The van der Waals surface area contributed by atoms with Crippen molar-refractivity contribution in [2.45, 2.75) is 78.2 Å². The highest BCUT2D eigenvalue weighted by Gasteiger charge is 2.44. The van der Waals surface area contributed by atoms with Crippen molar-refractivity contribution in [3.63, 3.8) is 0 Å². The molecule has 0 aromatic carbocycles. The van der Waals surface area contributed by atoms with Crippen LogP contribution in [-0.4, -0.2) is 45.1 Å². The predicted octanol–water partition coefficient (Wildman–Crippen LogP) is 3.34. The van der Waals surface area contributed by atoms with E-state index < -0.39 is 18.2 Å². The molecular weight excluding hydrogens is 340 g/mol. The molecule has 1 saturated carbocycles. The quantitative estimate of drug-likeness (QED) is 0.761. The van der Waals surface area contributed by atoms with Gasteiger partial charge in [0.1, 0.15) is 12.6 Å². The molecule has 7 heteroatoms. The fraction of sp³-hybridized carbons (Fsp3) is 0.722. The molecule has 1 aliphatic carbocycles. The minimum atomic E-state index is -0.931. The van der Waals surface area contributed by atoms with Gasteiger partial charge in [0.2, 0.25) is 0 Å². The Morgan fingerprint density at radius 2 is 1.96 bits per heavy atom. The second-order valence-electron chi connectivity index (χ2n) is 7.26. The van der Waals surface area contributed by atoms with E-state index in [9.17, 15) is 14.7 Å². The first-order chi connectivity index (χ1) is 11.7. The number of Topliss-reactive ketones (excluding diaryl/α,β-unsaturated/α-hetero) is 1. The highest BCUT2D eigenvalue weighted by molar-refractivity contribution is 7.11. The molecular formula is C18H28N2O4S. The molecule has 25 heavy (non-hydrogen) atoms. The molecule has 0 radical (unpaired) electrons. The molecule has 1 aliphatic rings. The van der Waals surface area contributed by atoms with Gasteiger partial charge in [0.05, 0.1) is 16.0 Å². The minimum Gasteiger partial charge on any atom is -0.444 e. The van der Waals surface area contributed by atoms with E-state index in [1.54, 1.807) is 27.0 Å². The first-order valence-corrected chi connectivity index (χ1v) is 9.65. The third-order valence-corrected chi connectivity index (χ3v) is 5.44. The van der Waals surface area contributed by atoms with Gasteiger partial charge >= 0.3 is 6.09 Å². The van der Waals surface area contributed by atoms with Crippen LogP contribution in [0.2, 0.25) is 0 Å². The van der Waals surface area contributed by atoms with E-state index in [0.29, 0.717) is 5.92 Å². The number of hydrogen-bond acceptors (Lipinski definition) is 6. The average molecular weight is 368 g/mol. The Labute approximate surface area is 153 Å². The van der Waals surface area contributed by atoms with Crippen LogP contribution in [-0.2, 0) is 16.1 Å². The molecule has 6 nitrogen and oxygen atoms in total. The van der Waals surface area contributed by atoms with Crippen molar-refractivity contribution in [3.05, 3.63) is 16.1 Å². The third kappa shape index (κ3) is 5.01. The molecule has 2 rings (SSSR count). The van der Waals surface area contributed by atoms with Crippen LogP contribution < -0.4 is 0 Å². The smallest absolute Gasteiger partial charge is 0.411 e. The molecule has 2 atom stereocenters. The van der Waals surface area contributed by atoms with Crippen molar-refractivity contribution in [2.75, 3.05) is 0 Å². The zero-order valence-electron chi connectivity index (χ0n) is 15.6. The Kier molecular flexibility index (Phi) is 6.57. The lowest BCUT2D eigenvalue weighted by Crippen LogP contribution is -2.53. The van der Waals surface area contributed by atoms with Gasteiger partial charge in [-0.3, -0.25) is 9.69 Å². The van der Waals surface area contributed by atoms with Crippen molar-refractivity contribution < 1.29 is 19.4 Å². The lowest BCUT2D eigenvalue weighted by Gasteiger charge is -2.33. The molecule has 1 aromatic rings. The van der Waals surface area contributed by atoms with Crippen molar-refractivity contribution in [3.8, 4) is 0 Å². The first kappa shape index (κ1) is 19.8. The molecule has 0 spiro atoms. The van der Waals surface area contributed by atoms with Gasteiger partial charge in [0, 0.05) is 24.1 Å². The van der Waals surface area contributed by atoms with E-state index >= 15 is 0 Å². The summed E-state index contributed by atoms with van der Waals surface area (Å²) in [6.07, 6.45) is 1.92. The third-order valence-electron chi connectivity index (χ3n) is 4.17. The normalized spacial score (nSPS) is 16.8. The van der Waals surface area contributed by atoms with Crippen LogP contribution in [0.4, 0.5) is 4.79 Å². The van der Waals surface area contributed by atoms with Crippen molar-refractivity contribution >= 4 is 23.2 Å². The summed E-state index contributed by atoms with van der Waals surface area (Å²) in [5.41, 5.74) is 0. The molecule has 1 fully saturated rings. The zero-order chi connectivity index (χ0) is 18.7. The number of hydrogen-bond donors (Lipinski definition) is 1. The lowest BCUT2D eigenvalue weighted by atomic mass is 9.96. The van der Waals surface area contributed by atoms with Crippen LogP contribution in [0.5, 0.6) is 0 Å². The van der Waals surface area contributed by atoms with Gasteiger partial charge in [0.25, 0.3) is 0 Å². The molecule has 1 aromatic heterocycles. The molecule has 1 heterocycles. The van der Waals surface area contributed by atoms with Crippen LogP contribution in [0, 0.1) is 5.92 Å². The number of thiazole rings is 1. The first-order valence-electron chi connectivity index (χ1n) is 8.83. The second-order valence-corrected chi connectivity index (χ2v) is 8.40. The van der Waals surface area contributed by atoms with Gasteiger partial charge in [-0.15, -0.1) is 11.3 Å². The summed E-state index contributed by atoms with van der Waals surface area (Å²) in [5, 5.41) is 11.1. The number of nitrogens with zero attached hydrogens (tertiary/aromatic N) is 2. The van der Waals surface area contributed by atoms with Crippen LogP contribution in [0.3, 0.4) is 0 Å². The maximum absolute atomic E-state index is 12.6. The number of aliphatic hydroxyl groups excluding tert-OH is 1. The maximum atomic E-state index is 12.6. The number of aromatic nitrogens is 1. The number of ether oxygens (including phenoxy) is 1. The molecule has 1 N–H and O–H groups in total. The number of aliphatic hydroxyl groups is 1. The van der Waals surface area contributed by atoms with Gasteiger partial charge in [-0.25, -0.2) is 9.78 Å². The summed E-state index contributed by atoms with van der Waals surface area (Å²) < 4.78 is 5.44. The summed E-state index contributed by atoms with van der Waals surface area (Å²) >= 11 is 1.52. The highest BCUT2D eigenvalue weighted by atomic mass is 32.1. The van der Waals surface area contributed by atoms with Crippen LogP contribution in [0.15, 0.2) is 6.20 Å². The molecule has 1 amide bonds. The van der Waals surface area contributed by atoms with Gasteiger partial charge in [-0.2, -0.15) is 0 Å². The summed E-state index contributed by atoms with van der Waals surface area (Å²) in [5.74, 6) is -0.0665. The lowest BCUT2D eigenvalue weighted by molar-refractivity contribution is -0.130. The van der Waals surface area contributed by atoms with E-state index in [2.05, 4.69) is 18.8 Å². The number of ketones is 1. The average Bonchev–Trinajstić information content (AvgIpc) is 3.25. The highest BCUT2D eigenvalue weighted by Crippen LogP contribution is 2.32. The number of rotatable bonds is 8. The van der Waals surface area contributed by atoms with Crippen LogP contribution in [0.25, 0.3) is 0 Å². The summed E-state index contributed by atoms with van der Waals surface area (Å²) in [6.45, 7) is 9.36. The van der Waals surface area contributed by atoms with Gasteiger partial charge in [-0.05, 0) is 19.8 Å². The molecule has 2 unspecified atom stereocenters. The Morgan fingerprint density at radius 3 is 2.40 bits per heavy atom. The van der Waals surface area contributed by atoms with E-state index in [-0.39, 0.29) is 24.3 Å². The molecule has 140 valence electrons. The zero-order valence-corrected chi connectivity index (χ0v) is 16.4. The van der Waals surface area contributed by atoms with Gasteiger partial charge in [-0.1, -0.05) is 27.7 Å². The molecule has 0 bridgehead atoms. The Balaban J connectivity index is 2.07. The van der Waals surface area contributed by atoms with E-state index in [1.807, 2.05) is 0 Å². The maximum Gasteiger partial charge on any atom is 0.411 e. The number of carbonyl (C=O) groups is 2. The van der Waals surface area contributed by atoms with Crippen molar-refractivity contribution in [2.24, 2.45) is 5.92 Å². The summed E-state index contributed by atoms with van der Waals surface area (Å²) in [6, 6.07) is -0.879. The number of carbonyl (C=O) groups excluding carboxylic acids is 2. The minimum absolute atomic E-state index is 0.0255.